The van der Waals surface area contributed by atoms with E-state index in [0.717, 1.165) is 5.69 Å². The van der Waals surface area contributed by atoms with Gasteiger partial charge in [0.1, 0.15) is 10.7 Å². The summed E-state index contributed by atoms with van der Waals surface area (Å²) in [6.07, 6.45) is 0. The summed E-state index contributed by atoms with van der Waals surface area (Å²) in [7, 11) is -3.80. The quantitative estimate of drug-likeness (QED) is 0.679. The van der Waals surface area contributed by atoms with Crippen molar-refractivity contribution in [1.82, 2.24) is 9.78 Å². The normalized spacial score (nSPS) is 11.2. The Morgan fingerprint density at radius 3 is 2.41 bits per heavy atom. The Morgan fingerprint density at radius 2 is 1.78 bits per heavy atom. The van der Waals surface area contributed by atoms with Crippen molar-refractivity contribution in [2.75, 3.05) is 10.0 Å². The number of sulfonamides is 1. The highest BCUT2D eigenvalue weighted by atomic mass is 35.5. The average Bonchev–Trinajstić information content (AvgIpc) is 2.95. The number of carbonyl (C=O) groups excluding carboxylic acids is 1. The Balaban J connectivity index is 1.87. The number of rotatable bonds is 5. The van der Waals surface area contributed by atoms with E-state index in [2.05, 4.69) is 15.1 Å². The molecule has 3 rings (SSSR count). The van der Waals surface area contributed by atoms with Crippen LogP contribution in [0.4, 0.5) is 11.5 Å². The predicted molar refractivity (Wildman–Crippen MR) is 105 cm³/mol. The topological polar surface area (TPSA) is 93.1 Å². The molecule has 3 aromatic rings. The standard InChI is InChI=1S/C18H17ClN4O3S/c1-12-11-18(20-13(2)24)23(21-12)15-9-7-14(8-10-15)22-27(25,26)17-6-4-3-5-16(17)19/h3-11,22H,1-2H3,(H,20,24). The molecule has 0 saturated heterocycles. The zero-order chi connectivity index (χ0) is 19.6. The zero-order valence-corrected chi connectivity index (χ0v) is 16.2. The van der Waals surface area contributed by atoms with E-state index in [1.54, 1.807) is 47.1 Å². The lowest BCUT2D eigenvalue weighted by molar-refractivity contribution is -0.114. The maximum atomic E-state index is 12.5. The van der Waals surface area contributed by atoms with Gasteiger partial charge in [-0.1, -0.05) is 23.7 Å². The number of aromatic nitrogens is 2. The number of benzene rings is 2. The van der Waals surface area contributed by atoms with E-state index in [0.29, 0.717) is 17.2 Å². The second kappa shape index (κ2) is 7.42. The van der Waals surface area contributed by atoms with Crippen LogP contribution in [0.5, 0.6) is 0 Å². The molecule has 1 amide bonds. The monoisotopic (exact) mass is 404 g/mol. The van der Waals surface area contributed by atoms with Crippen LogP contribution in [0, 0.1) is 6.92 Å². The summed E-state index contributed by atoms with van der Waals surface area (Å²) in [5, 5.41) is 7.20. The van der Waals surface area contributed by atoms with Gasteiger partial charge in [0.25, 0.3) is 10.0 Å². The molecule has 9 heteroatoms. The summed E-state index contributed by atoms with van der Waals surface area (Å²) in [5.74, 6) is 0.324. The molecular formula is C18H17ClN4O3S. The first-order valence-electron chi connectivity index (χ1n) is 7.98. The highest BCUT2D eigenvalue weighted by molar-refractivity contribution is 7.92. The van der Waals surface area contributed by atoms with E-state index in [9.17, 15) is 13.2 Å². The molecule has 27 heavy (non-hydrogen) atoms. The first-order valence-corrected chi connectivity index (χ1v) is 9.84. The Kier molecular flexibility index (Phi) is 5.20. The van der Waals surface area contributed by atoms with Crippen molar-refractivity contribution in [1.29, 1.82) is 0 Å². The molecule has 0 aliphatic heterocycles. The molecule has 0 aliphatic carbocycles. The van der Waals surface area contributed by atoms with Gasteiger partial charge in [0.2, 0.25) is 5.91 Å². The molecule has 1 heterocycles. The number of aryl methyl sites for hydroxylation is 1. The van der Waals surface area contributed by atoms with Crippen LogP contribution in [0.2, 0.25) is 5.02 Å². The van der Waals surface area contributed by atoms with Crippen LogP contribution in [0.3, 0.4) is 0 Å². The molecule has 140 valence electrons. The summed E-state index contributed by atoms with van der Waals surface area (Å²) in [5.41, 5.74) is 1.79. The van der Waals surface area contributed by atoms with Crippen molar-refractivity contribution in [3.63, 3.8) is 0 Å². The van der Waals surface area contributed by atoms with Gasteiger partial charge in [0.15, 0.2) is 0 Å². The molecule has 0 fully saturated rings. The third-order valence-corrected chi connectivity index (χ3v) is 5.51. The van der Waals surface area contributed by atoms with Gasteiger partial charge in [0.05, 0.1) is 16.4 Å². The van der Waals surface area contributed by atoms with Crippen molar-refractivity contribution in [2.45, 2.75) is 18.7 Å². The van der Waals surface area contributed by atoms with E-state index in [1.807, 2.05) is 6.92 Å². The third-order valence-electron chi connectivity index (χ3n) is 3.63. The number of anilines is 2. The van der Waals surface area contributed by atoms with E-state index in [1.165, 1.54) is 19.1 Å². The van der Waals surface area contributed by atoms with Crippen LogP contribution in [0.15, 0.2) is 59.5 Å². The molecule has 7 nitrogen and oxygen atoms in total. The van der Waals surface area contributed by atoms with Crippen LogP contribution in [-0.2, 0) is 14.8 Å². The van der Waals surface area contributed by atoms with Crippen molar-refractivity contribution in [3.05, 3.63) is 65.3 Å². The minimum Gasteiger partial charge on any atom is -0.311 e. The molecular weight excluding hydrogens is 388 g/mol. The molecule has 2 aromatic carbocycles. The van der Waals surface area contributed by atoms with Gasteiger partial charge >= 0.3 is 0 Å². The van der Waals surface area contributed by atoms with Crippen LogP contribution in [-0.4, -0.2) is 24.1 Å². The average molecular weight is 405 g/mol. The van der Waals surface area contributed by atoms with Crippen LogP contribution in [0.25, 0.3) is 5.69 Å². The van der Waals surface area contributed by atoms with Gasteiger partial charge in [-0.05, 0) is 43.3 Å². The molecule has 0 radical (unpaired) electrons. The van der Waals surface area contributed by atoms with Gasteiger partial charge in [-0.3, -0.25) is 9.52 Å². The van der Waals surface area contributed by atoms with E-state index < -0.39 is 10.0 Å². The lowest BCUT2D eigenvalue weighted by Crippen LogP contribution is -2.13. The minimum absolute atomic E-state index is 0.00592. The van der Waals surface area contributed by atoms with Crippen molar-refractivity contribution >= 4 is 39.0 Å². The molecule has 0 bridgehead atoms. The minimum atomic E-state index is -3.80. The lowest BCUT2D eigenvalue weighted by Gasteiger charge is -2.11. The fourth-order valence-corrected chi connectivity index (χ4v) is 4.09. The molecule has 0 saturated carbocycles. The Morgan fingerprint density at radius 1 is 1.11 bits per heavy atom. The van der Waals surface area contributed by atoms with E-state index >= 15 is 0 Å². The number of hydrogen-bond acceptors (Lipinski definition) is 4. The first-order chi connectivity index (χ1) is 12.8. The molecule has 0 aliphatic rings. The second-order valence-electron chi connectivity index (χ2n) is 5.85. The lowest BCUT2D eigenvalue weighted by atomic mass is 10.3. The second-order valence-corrected chi connectivity index (χ2v) is 7.90. The fourth-order valence-electron chi connectivity index (χ4n) is 2.51. The smallest absolute Gasteiger partial charge is 0.263 e. The largest absolute Gasteiger partial charge is 0.311 e. The zero-order valence-electron chi connectivity index (χ0n) is 14.6. The SMILES string of the molecule is CC(=O)Nc1cc(C)nn1-c1ccc(NS(=O)(=O)c2ccccc2Cl)cc1. The number of nitrogens with zero attached hydrogens (tertiary/aromatic N) is 2. The van der Waals surface area contributed by atoms with Gasteiger partial charge in [0, 0.05) is 18.7 Å². The predicted octanol–water partition coefficient (Wildman–Crippen LogP) is 3.59. The molecule has 0 spiro atoms. The maximum Gasteiger partial charge on any atom is 0.263 e. The van der Waals surface area contributed by atoms with Gasteiger partial charge in [-0.15, -0.1) is 0 Å². The molecule has 1 aromatic heterocycles. The number of carbonyl (C=O) groups is 1. The van der Waals surface area contributed by atoms with Crippen molar-refractivity contribution < 1.29 is 13.2 Å². The third kappa shape index (κ3) is 4.29. The Labute approximate surface area is 162 Å². The number of amides is 1. The van der Waals surface area contributed by atoms with Crippen LogP contribution in [0.1, 0.15) is 12.6 Å². The molecule has 0 unspecified atom stereocenters. The van der Waals surface area contributed by atoms with Gasteiger partial charge in [-0.2, -0.15) is 5.10 Å². The summed E-state index contributed by atoms with van der Waals surface area (Å²) in [4.78, 5) is 11.3. The van der Waals surface area contributed by atoms with Crippen molar-refractivity contribution in [3.8, 4) is 5.69 Å². The highest BCUT2D eigenvalue weighted by Crippen LogP contribution is 2.24. The molecule has 2 N–H and O–H groups in total. The molecule has 0 atom stereocenters. The number of nitrogens with one attached hydrogen (secondary N) is 2. The van der Waals surface area contributed by atoms with Crippen molar-refractivity contribution in [2.24, 2.45) is 0 Å². The van der Waals surface area contributed by atoms with E-state index in [-0.39, 0.29) is 15.8 Å². The highest BCUT2D eigenvalue weighted by Gasteiger charge is 2.17. The van der Waals surface area contributed by atoms with Crippen LogP contribution < -0.4 is 10.0 Å². The van der Waals surface area contributed by atoms with Crippen LogP contribution >= 0.6 is 11.6 Å². The van der Waals surface area contributed by atoms with E-state index in [4.69, 9.17) is 11.6 Å². The van der Waals surface area contributed by atoms with Gasteiger partial charge in [-0.25, -0.2) is 13.1 Å². The first kappa shape index (κ1) is 18.9. The fraction of sp³-hybridized carbons (Fsp3) is 0.111. The number of halogens is 1. The summed E-state index contributed by atoms with van der Waals surface area (Å²) < 4.78 is 29.1. The Hall–Kier alpha value is -2.84. The Bertz CT molecular complexity index is 1090. The summed E-state index contributed by atoms with van der Waals surface area (Å²) in [6.45, 7) is 3.23. The van der Waals surface area contributed by atoms with Gasteiger partial charge < -0.3 is 5.32 Å². The summed E-state index contributed by atoms with van der Waals surface area (Å²) in [6, 6.07) is 14.6. The maximum absolute atomic E-state index is 12.5. The number of hydrogen-bond donors (Lipinski definition) is 2. The summed E-state index contributed by atoms with van der Waals surface area (Å²) >= 11 is 5.98.